The van der Waals surface area contributed by atoms with Crippen molar-refractivity contribution in [3.63, 3.8) is 0 Å². The minimum Gasteiger partial charge on any atom is -0.309 e. The molecule has 0 amide bonds. The molecule has 102 valence electrons. The fourth-order valence-corrected chi connectivity index (χ4v) is 3.20. The van der Waals surface area contributed by atoms with Crippen LogP contribution in [0.3, 0.4) is 0 Å². The van der Waals surface area contributed by atoms with Crippen LogP contribution in [0.25, 0.3) is 0 Å². The number of rotatable bonds is 5. The molecule has 0 saturated carbocycles. The number of hydrogen-bond donors (Lipinski definition) is 1. The van der Waals surface area contributed by atoms with Crippen molar-refractivity contribution in [3.05, 3.63) is 44.6 Å². The molecular formula is C13H15BrFN3S. The van der Waals surface area contributed by atoms with E-state index in [-0.39, 0.29) is 11.9 Å². The van der Waals surface area contributed by atoms with E-state index in [2.05, 4.69) is 37.8 Å². The number of benzene rings is 1. The Kier molecular flexibility index (Phi) is 5.01. The van der Waals surface area contributed by atoms with E-state index in [1.54, 1.807) is 0 Å². The average Bonchev–Trinajstić information content (AvgIpc) is 2.78. The number of nitrogens with zero attached hydrogens (tertiary/aromatic N) is 2. The summed E-state index contributed by atoms with van der Waals surface area (Å²) in [5, 5.41) is 7.49. The third kappa shape index (κ3) is 3.58. The van der Waals surface area contributed by atoms with Gasteiger partial charge in [0.25, 0.3) is 0 Å². The topological polar surface area (TPSA) is 37.8 Å². The van der Waals surface area contributed by atoms with Crippen LogP contribution in [0.1, 0.15) is 29.1 Å². The minimum absolute atomic E-state index is 0.159. The second kappa shape index (κ2) is 6.54. The van der Waals surface area contributed by atoms with E-state index >= 15 is 0 Å². The molecule has 0 bridgehead atoms. The minimum atomic E-state index is -0.230. The number of aryl methyl sites for hydroxylation is 1. The van der Waals surface area contributed by atoms with Gasteiger partial charge in [-0.25, -0.2) is 4.39 Å². The highest BCUT2D eigenvalue weighted by atomic mass is 79.9. The second-order valence-electron chi connectivity index (χ2n) is 4.27. The third-order valence-electron chi connectivity index (χ3n) is 2.89. The summed E-state index contributed by atoms with van der Waals surface area (Å²) in [5.74, 6) is -0.230. The Morgan fingerprint density at radius 1 is 1.47 bits per heavy atom. The maximum Gasteiger partial charge on any atom is 0.124 e. The monoisotopic (exact) mass is 343 g/mol. The van der Waals surface area contributed by atoms with Gasteiger partial charge in [-0.3, -0.25) is 0 Å². The number of halogens is 2. The molecule has 0 saturated heterocycles. The van der Waals surface area contributed by atoms with Gasteiger partial charge in [0.05, 0.1) is 10.6 Å². The van der Waals surface area contributed by atoms with Crippen molar-refractivity contribution in [2.24, 2.45) is 0 Å². The maximum atomic E-state index is 13.1. The molecule has 1 aromatic carbocycles. The highest BCUT2D eigenvalue weighted by Gasteiger charge is 2.18. The molecule has 0 radical (unpaired) electrons. The predicted octanol–water partition coefficient (Wildman–Crippen LogP) is 3.64. The molecule has 1 N–H and O–H groups in total. The van der Waals surface area contributed by atoms with Crippen molar-refractivity contribution in [1.82, 2.24) is 14.9 Å². The summed E-state index contributed by atoms with van der Waals surface area (Å²) in [5.41, 5.74) is 2.02. The lowest BCUT2D eigenvalue weighted by Crippen LogP contribution is -2.23. The Hall–Kier alpha value is -0.850. The first-order valence-electron chi connectivity index (χ1n) is 6.08. The van der Waals surface area contributed by atoms with Crippen molar-refractivity contribution >= 4 is 27.5 Å². The van der Waals surface area contributed by atoms with Crippen LogP contribution >= 0.6 is 27.5 Å². The summed E-state index contributed by atoms with van der Waals surface area (Å²) >= 11 is 4.83. The summed E-state index contributed by atoms with van der Waals surface area (Å²) in [7, 11) is 0. The molecule has 1 atom stereocenters. The van der Waals surface area contributed by atoms with Gasteiger partial charge in [-0.05, 0) is 49.1 Å². The average molecular weight is 344 g/mol. The summed E-state index contributed by atoms with van der Waals surface area (Å²) in [4.78, 5) is 1.14. The molecule has 0 aliphatic carbocycles. The first-order valence-corrected chi connectivity index (χ1v) is 7.64. The largest absolute Gasteiger partial charge is 0.309 e. The zero-order valence-corrected chi connectivity index (χ0v) is 13.2. The number of nitrogens with one attached hydrogen (secondary N) is 1. The first kappa shape index (κ1) is 14.6. The van der Waals surface area contributed by atoms with Gasteiger partial charge < -0.3 is 5.32 Å². The molecule has 2 aromatic rings. The third-order valence-corrected chi connectivity index (χ3v) is 4.57. The van der Waals surface area contributed by atoms with Crippen molar-refractivity contribution in [2.75, 3.05) is 6.54 Å². The van der Waals surface area contributed by atoms with Gasteiger partial charge in [-0.2, -0.15) is 0 Å². The van der Waals surface area contributed by atoms with E-state index < -0.39 is 0 Å². The Morgan fingerprint density at radius 2 is 2.26 bits per heavy atom. The van der Waals surface area contributed by atoms with E-state index in [9.17, 15) is 4.39 Å². The zero-order valence-electron chi connectivity index (χ0n) is 10.8. The normalized spacial score (nSPS) is 12.6. The van der Waals surface area contributed by atoms with E-state index in [1.807, 2.05) is 13.0 Å². The standard InChI is InChI=1S/C13H15BrFN3S/c1-3-16-12(13-8(2)17-18-19-13)6-9-4-5-10(15)7-11(9)14/h4-5,7,12,16H,3,6H2,1-2H3. The van der Waals surface area contributed by atoms with E-state index in [1.165, 1.54) is 23.7 Å². The molecular weight excluding hydrogens is 329 g/mol. The Labute approximate surface area is 124 Å². The van der Waals surface area contributed by atoms with Crippen molar-refractivity contribution in [3.8, 4) is 0 Å². The van der Waals surface area contributed by atoms with Gasteiger partial charge in [0.15, 0.2) is 0 Å². The molecule has 0 aliphatic rings. The molecule has 0 spiro atoms. The lowest BCUT2D eigenvalue weighted by Gasteiger charge is -2.17. The maximum absolute atomic E-state index is 13.1. The van der Waals surface area contributed by atoms with Crippen LogP contribution in [0, 0.1) is 12.7 Å². The number of aromatic nitrogens is 2. The van der Waals surface area contributed by atoms with Gasteiger partial charge >= 0.3 is 0 Å². The highest BCUT2D eigenvalue weighted by molar-refractivity contribution is 9.10. The van der Waals surface area contributed by atoms with Crippen LogP contribution in [0.15, 0.2) is 22.7 Å². The predicted molar refractivity (Wildman–Crippen MR) is 78.9 cm³/mol. The molecule has 3 nitrogen and oxygen atoms in total. The Bertz CT molecular complexity index is 559. The van der Waals surface area contributed by atoms with Gasteiger partial charge in [-0.1, -0.05) is 33.4 Å². The van der Waals surface area contributed by atoms with Crippen LogP contribution in [-0.4, -0.2) is 16.1 Å². The molecule has 0 fully saturated rings. The van der Waals surface area contributed by atoms with E-state index in [0.717, 1.165) is 33.6 Å². The highest BCUT2D eigenvalue weighted by Crippen LogP contribution is 2.27. The van der Waals surface area contributed by atoms with Crippen molar-refractivity contribution in [2.45, 2.75) is 26.3 Å². The van der Waals surface area contributed by atoms with Gasteiger partial charge in [0, 0.05) is 10.5 Å². The lowest BCUT2D eigenvalue weighted by atomic mass is 10.0. The van der Waals surface area contributed by atoms with Crippen LogP contribution in [0.5, 0.6) is 0 Å². The lowest BCUT2D eigenvalue weighted by molar-refractivity contribution is 0.552. The number of likely N-dealkylation sites (N-methyl/N-ethyl adjacent to an activating group) is 1. The molecule has 1 unspecified atom stereocenters. The fraction of sp³-hybridized carbons (Fsp3) is 0.385. The van der Waals surface area contributed by atoms with Crippen LogP contribution in [-0.2, 0) is 6.42 Å². The molecule has 19 heavy (non-hydrogen) atoms. The smallest absolute Gasteiger partial charge is 0.124 e. The molecule has 1 heterocycles. The first-order chi connectivity index (χ1) is 9.11. The number of hydrogen-bond acceptors (Lipinski definition) is 4. The molecule has 1 aromatic heterocycles. The van der Waals surface area contributed by atoms with Crippen LogP contribution in [0.2, 0.25) is 0 Å². The molecule has 0 aliphatic heterocycles. The molecule has 6 heteroatoms. The van der Waals surface area contributed by atoms with E-state index in [0.29, 0.717) is 0 Å². The fourth-order valence-electron chi connectivity index (χ4n) is 1.97. The summed E-state index contributed by atoms with van der Waals surface area (Å²) < 4.78 is 17.9. The van der Waals surface area contributed by atoms with Crippen molar-refractivity contribution < 1.29 is 4.39 Å². The summed E-state index contributed by atoms with van der Waals surface area (Å²) in [6.45, 7) is 4.89. The molecule has 2 rings (SSSR count). The summed E-state index contributed by atoms with van der Waals surface area (Å²) in [6.07, 6.45) is 0.777. The Balaban J connectivity index is 2.24. The SMILES string of the molecule is CCNC(Cc1ccc(F)cc1Br)c1snnc1C. The van der Waals surface area contributed by atoms with E-state index in [4.69, 9.17) is 0 Å². The quantitative estimate of drug-likeness (QED) is 0.900. The van der Waals surface area contributed by atoms with Crippen LogP contribution < -0.4 is 5.32 Å². The van der Waals surface area contributed by atoms with Crippen LogP contribution in [0.4, 0.5) is 4.39 Å². The summed E-state index contributed by atoms with van der Waals surface area (Å²) in [6, 6.07) is 4.96. The van der Waals surface area contributed by atoms with Gasteiger partial charge in [-0.15, -0.1) is 5.10 Å². The van der Waals surface area contributed by atoms with Crippen molar-refractivity contribution in [1.29, 1.82) is 0 Å². The second-order valence-corrected chi connectivity index (χ2v) is 5.91. The zero-order chi connectivity index (χ0) is 13.8. The van der Waals surface area contributed by atoms with Gasteiger partial charge in [0.1, 0.15) is 5.82 Å². The van der Waals surface area contributed by atoms with Gasteiger partial charge in [0.2, 0.25) is 0 Å². The Morgan fingerprint density at radius 3 is 2.84 bits per heavy atom.